The lowest BCUT2D eigenvalue weighted by molar-refractivity contribution is 0.345. The fraction of sp³-hybridized carbons (Fsp3) is 0.667. The molecular formula is C12H20BrNO. The third-order valence-electron chi connectivity index (χ3n) is 2.36. The average molecular weight is 274 g/mol. The third-order valence-corrected chi connectivity index (χ3v) is 3.02. The van der Waals surface area contributed by atoms with Crippen molar-refractivity contribution in [3.8, 4) is 0 Å². The molecule has 0 spiro atoms. The first-order valence-electron chi connectivity index (χ1n) is 5.36. The highest BCUT2D eigenvalue weighted by atomic mass is 79.9. The van der Waals surface area contributed by atoms with Gasteiger partial charge in [0, 0.05) is 0 Å². The predicted octanol–water partition coefficient (Wildman–Crippen LogP) is 4.13. The van der Waals surface area contributed by atoms with Crippen LogP contribution in [0.4, 0.5) is 0 Å². The van der Waals surface area contributed by atoms with E-state index in [-0.39, 0.29) is 6.04 Å². The molecule has 1 aromatic rings. The van der Waals surface area contributed by atoms with Crippen molar-refractivity contribution in [2.75, 3.05) is 6.54 Å². The number of nitrogens with one attached hydrogen (secondary N) is 1. The summed E-state index contributed by atoms with van der Waals surface area (Å²) < 4.78 is 6.44. The predicted molar refractivity (Wildman–Crippen MR) is 66.9 cm³/mol. The Balaban J connectivity index is 2.37. The van der Waals surface area contributed by atoms with Crippen LogP contribution in [0.5, 0.6) is 0 Å². The maximum atomic E-state index is 5.40. The lowest BCUT2D eigenvalue weighted by atomic mass is 9.92. The molecule has 0 amide bonds. The van der Waals surface area contributed by atoms with Crippen LogP contribution in [0.3, 0.4) is 0 Å². The summed E-state index contributed by atoms with van der Waals surface area (Å²) in [4.78, 5) is 0. The molecule has 1 N–H and O–H groups in total. The minimum atomic E-state index is 0.261. The quantitative estimate of drug-likeness (QED) is 0.893. The van der Waals surface area contributed by atoms with Crippen LogP contribution in [-0.4, -0.2) is 6.54 Å². The fourth-order valence-corrected chi connectivity index (χ4v) is 1.92. The largest absolute Gasteiger partial charge is 0.466 e. The van der Waals surface area contributed by atoms with Crippen molar-refractivity contribution in [1.29, 1.82) is 0 Å². The number of halogens is 1. The van der Waals surface area contributed by atoms with E-state index in [1.54, 1.807) is 6.26 Å². The van der Waals surface area contributed by atoms with Crippen molar-refractivity contribution in [1.82, 2.24) is 5.32 Å². The van der Waals surface area contributed by atoms with Gasteiger partial charge in [-0.25, -0.2) is 0 Å². The third kappa shape index (κ3) is 4.39. The first-order valence-corrected chi connectivity index (χ1v) is 6.16. The Hall–Kier alpha value is -0.280. The zero-order valence-electron chi connectivity index (χ0n) is 9.93. The summed E-state index contributed by atoms with van der Waals surface area (Å²) in [5.74, 6) is 0.976. The van der Waals surface area contributed by atoms with Crippen molar-refractivity contribution in [2.24, 2.45) is 5.41 Å². The molecule has 1 rings (SSSR count). The SMILES string of the molecule is CC(NCCC(C)(C)C)c1occc1Br. The molecule has 0 saturated heterocycles. The Morgan fingerprint density at radius 2 is 2.13 bits per heavy atom. The van der Waals surface area contributed by atoms with E-state index in [0.717, 1.165) is 23.2 Å². The zero-order valence-corrected chi connectivity index (χ0v) is 11.5. The van der Waals surface area contributed by atoms with E-state index < -0.39 is 0 Å². The summed E-state index contributed by atoms with van der Waals surface area (Å²) in [5.41, 5.74) is 0.382. The number of furan rings is 1. The smallest absolute Gasteiger partial charge is 0.134 e. The minimum Gasteiger partial charge on any atom is -0.466 e. The number of rotatable bonds is 4. The Kier molecular flexibility index (Phi) is 4.41. The Morgan fingerprint density at radius 1 is 1.47 bits per heavy atom. The van der Waals surface area contributed by atoms with Crippen LogP contribution in [0.15, 0.2) is 21.2 Å². The van der Waals surface area contributed by atoms with Gasteiger partial charge in [0.1, 0.15) is 5.76 Å². The van der Waals surface area contributed by atoms with E-state index in [9.17, 15) is 0 Å². The molecule has 0 saturated carbocycles. The highest BCUT2D eigenvalue weighted by Crippen LogP contribution is 2.24. The van der Waals surface area contributed by atoms with Crippen LogP contribution < -0.4 is 5.32 Å². The molecule has 0 bridgehead atoms. The van der Waals surface area contributed by atoms with Crippen LogP contribution >= 0.6 is 15.9 Å². The topological polar surface area (TPSA) is 25.2 Å². The molecule has 1 aromatic heterocycles. The molecule has 1 heterocycles. The highest BCUT2D eigenvalue weighted by Gasteiger charge is 2.14. The molecule has 1 atom stereocenters. The zero-order chi connectivity index (χ0) is 11.5. The molecule has 86 valence electrons. The molecule has 3 heteroatoms. The lowest BCUT2D eigenvalue weighted by Gasteiger charge is -2.20. The summed E-state index contributed by atoms with van der Waals surface area (Å²) in [6, 6.07) is 2.19. The maximum Gasteiger partial charge on any atom is 0.134 e. The van der Waals surface area contributed by atoms with Gasteiger partial charge in [-0.2, -0.15) is 0 Å². The molecule has 0 aliphatic carbocycles. The Morgan fingerprint density at radius 3 is 2.60 bits per heavy atom. The van der Waals surface area contributed by atoms with Crippen LogP contribution in [0.2, 0.25) is 0 Å². The van der Waals surface area contributed by atoms with E-state index >= 15 is 0 Å². The Labute approximate surface area is 101 Å². The summed E-state index contributed by atoms with van der Waals surface area (Å²) in [6.07, 6.45) is 2.87. The second-order valence-electron chi connectivity index (χ2n) is 5.12. The van der Waals surface area contributed by atoms with Gasteiger partial charge in [-0.3, -0.25) is 0 Å². The maximum absolute atomic E-state index is 5.40. The van der Waals surface area contributed by atoms with Gasteiger partial charge >= 0.3 is 0 Å². The van der Waals surface area contributed by atoms with Gasteiger partial charge in [-0.05, 0) is 47.3 Å². The van der Waals surface area contributed by atoms with Crippen molar-refractivity contribution in [2.45, 2.75) is 40.2 Å². The lowest BCUT2D eigenvalue weighted by Crippen LogP contribution is -2.23. The molecule has 1 unspecified atom stereocenters. The normalized spacial score (nSPS) is 14.2. The highest BCUT2D eigenvalue weighted by molar-refractivity contribution is 9.10. The second-order valence-corrected chi connectivity index (χ2v) is 5.97. The molecule has 0 aromatic carbocycles. The summed E-state index contributed by atoms with van der Waals surface area (Å²) >= 11 is 3.46. The standard InChI is InChI=1S/C12H20BrNO/c1-9(11-10(13)5-8-15-11)14-7-6-12(2,3)4/h5,8-9,14H,6-7H2,1-4H3. The van der Waals surface area contributed by atoms with Gasteiger partial charge in [-0.1, -0.05) is 20.8 Å². The van der Waals surface area contributed by atoms with E-state index in [4.69, 9.17) is 4.42 Å². The molecule has 0 aliphatic rings. The number of hydrogen-bond donors (Lipinski definition) is 1. The first-order chi connectivity index (χ1) is 6.90. The average Bonchev–Trinajstić information content (AvgIpc) is 2.48. The molecule has 15 heavy (non-hydrogen) atoms. The van der Waals surface area contributed by atoms with Crippen molar-refractivity contribution in [3.05, 3.63) is 22.6 Å². The van der Waals surface area contributed by atoms with E-state index in [0.29, 0.717) is 5.41 Å². The summed E-state index contributed by atoms with van der Waals surface area (Å²) in [7, 11) is 0. The van der Waals surface area contributed by atoms with Crippen LogP contribution in [0, 0.1) is 5.41 Å². The monoisotopic (exact) mass is 273 g/mol. The van der Waals surface area contributed by atoms with E-state index in [1.165, 1.54) is 0 Å². The van der Waals surface area contributed by atoms with Crippen molar-refractivity contribution in [3.63, 3.8) is 0 Å². The molecule has 0 radical (unpaired) electrons. The van der Waals surface area contributed by atoms with Gasteiger partial charge in [0.15, 0.2) is 0 Å². The van der Waals surface area contributed by atoms with Crippen LogP contribution in [0.25, 0.3) is 0 Å². The van der Waals surface area contributed by atoms with E-state index in [2.05, 4.69) is 48.9 Å². The van der Waals surface area contributed by atoms with Gasteiger partial charge in [-0.15, -0.1) is 0 Å². The van der Waals surface area contributed by atoms with Gasteiger partial charge in [0.2, 0.25) is 0 Å². The van der Waals surface area contributed by atoms with Crippen LogP contribution in [-0.2, 0) is 0 Å². The fourth-order valence-electron chi connectivity index (χ4n) is 1.37. The van der Waals surface area contributed by atoms with E-state index in [1.807, 2.05) is 6.07 Å². The van der Waals surface area contributed by atoms with Crippen molar-refractivity contribution >= 4 is 15.9 Å². The summed E-state index contributed by atoms with van der Waals surface area (Å²) in [5, 5.41) is 3.46. The van der Waals surface area contributed by atoms with Crippen molar-refractivity contribution < 1.29 is 4.42 Å². The molecule has 0 fully saturated rings. The number of hydrogen-bond acceptors (Lipinski definition) is 2. The second kappa shape index (κ2) is 5.17. The first kappa shape index (κ1) is 12.8. The van der Waals surface area contributed by atoms with Gasteiger partial charge < -0.3 is 9.73 Å². The minimum absolute atomic E-state index is 0.261. The van der Waals surface area contributed by atoms with Gasteiger partial charge in [0.25, 0.3) is 0 Å². The van der Waals surface area contributed by atoms with Crippen LogP contribution in [0.1, 0.15) is 45.9 Å². The molecular weight excluding hydrogens is 254 g/mol. The Bertz CT molecular complexity index is 301. The molecule has 2 nitrogen and oxygen atoms in total. The van der Waals surface area contributed by atoms with Gasteiger partial charge in [0.05, 0.1) is 16.8 Å². The summed E-state index contributed by atoms with van der Waals surface area (Å²) in [6.45, 7) is 9.89. The molecule has 0 aliphatic heterocycles.